The van der Waals surface area contributed by atoms with Crippen molar-refractivity contribution in [3.8, 4) is 0 Å². The van der Waals surface area contributed by atoms with Crippen molar-refractivity contribution in [3.05, 3.63) is 0 Å². The van der Waals surface area contributed by atoms with Gasteiger partial charge >= 0.3 is 26.2 Å². The maximum Gasteiger partial charge on any atom is 0.631 e. The lowest BCUT2D eigenvalue weighted by Crippen LogP contribution is -2.22. The summed E-state index contributed by atoms with van der Waals surface area (Å²) in [7, 11) is -2.17. The lowest BCUT2D eigenvalue weighted by molar-refractivity contribution is -0.389. The first-order chi connectivity index (χ1) is 10.6. The van der Waals surface area contributed by atoms with Crippen molar-refractivity contribution >= 4 is 7.32 Å². The second kappa shape index (κ2) is 13.0. The fourth-order valence-electron chi connectivity index (χ4n) is 0. The van der Waals surface area contributed by atoms with Crippen LogP contribution in [0.4, 0.5) is 66.4 Å². The molecule has 25 heavy (non-hydrogen) atoms. The van der Waals surface area contributed by atoms with E-state index in [4.69, 9.17) is 15.1 Å². The fourth-order valence-corrected chi connectivity index (χ4v) is 0. The Bertz CT molecular complexity index is 256. The van der Waals surface area contributed by atoms with E-state index in [0.717, 1.165) is 0 Å². The summed E-state index contributed by atoms with van der Waals surface area (Å²) >= 11 is 0. The molecule has 0 unspecified atom stereocenters. The number of hydrogen-bond donors (Lipinski definition) is 3. The molecule has 0 amide bonds. The molecule has 0 aromatic carbocycles. The van der Waals surface area contributed by atoms with Gasteiger partial charge in [-0.2, -0.15) is 39.5 Å². The molecule has 0 rings (SSSR count). The Morgan fingerprint density at radius 1 is 0.440 bits per heavy atom. The molecule has 0 aromatic heterocycles. The zero-order valence-electron chi connectivity index (χ0n) is 10.4. The highest BCUT2D eigenvalue weighted by Crippen LogP contribution is 2.22. The molecule has 0 aromatic rings. The summed E-state index contributed by atoms with van der Waals surface area (Å²) in [5.74, 6) is 0. The molecule has 0 aliphatic rings. The average Bonchev–Trinajstić information content (AvgIpc) is 2.25. The van der Waals surface area contributed by atoms with Gasteiger partial charge in [0, 0.05) is 0 Å². The first-order valence-electron chi connectivity index (χ1n) is 4.16. The predicted octanol–water partition coefficient (Wildman–Crippen LogP) is 2.68. The molecule has 0 saturated carbocycles. The van der Waals surface area contributed by atoms with Gasteiger partial charge in [0.15, 0.2) is 0 Å². The molecule has 0 aliphatic heterocycles. The van der Waals surface area contributed by atoms with Crippen LogP contribution >= 0.6 is 0 Å². The van der Waals surface area contributed by atoms with Gasteiger partial charge in [-0.05, 0) is 0 Å². The lowest BCUT2D eigenvalue weighted by Gasteiger charge is -2.01. The van der Waals surface area contributed by atoms with Crippen LogP contribution in [-0.2, 0) is 0 Å². The van der Waals surface area contributed by atoms with Gasteiger partial charge in [0.25, 0.3) is 0 Å². The van der Waals surface area contributed by atoms with E-state index in [1.54, 1.807) is 0 Å². The second-order valence-electron chi connectivity index (χ2n) is 2.45. The third-order valence-corrected chi connectivity index (χ3v) is 0.575. The van der Waals surface area contributed by atoms with E-state index in [1.165, 1.54) is 0 Å². The topological polar surface area (TPSA) is 70.4 Å². The normalized spacial score (nSPS) is 11.9. The van der Waals surface area contributed by atoms with E-state index >= 15 is 0 Å². The van der Waals surface area contributed by atoms with E-state index in [0.29, 0.717) is 0 Å². The van der Waals surface area contributed by atoms with Gasteiger partial charge in [0.1, 0.15) is 16.0 Å². The van der Waals surface area contributed by atoms with Crippen LogP contribution < -0.4 is 0 Å². The molecule has 0 saturated heterocycles. The van der Waals surface area contributed by atoms with Gasteiger partial charge in [-0.25, -0.2) is 0 Å². The molecular weight excluding hydrogens is 422 g/mol. The molecule has 0 bridgehead atoms. The minimum atomic E-state index is -5.50. The highest BCUT2D eigenvalue weighted by Gasteiger charge is 2.40. The number of halogens is 15. The number of rotatable bonds is 0. The molecule has 6 nitrogen and oxygen atoms in total. The van der Waals surface area contributed by atoms with Gasteiger partial charge in [-0.1, -0.05) is 26.9 Å². The van der Waals surface area contributed by atoms with Crippen LogP contribution in [0.2, 0.25) is 0 Å². The molecule has 0 aliphatic carbocycles. The summed E-state index contributed by atoms with van der Waals surface area (Å²) in [5, 5.41) is 13.1. The minimum absolute atomic E-state index is 2.17. The highest BCUT2D eigenvalue weighted by atomic mass is 19.5. The van der Waals surface area contributed by atoms with E-state index in [2.05, 4.69) is 0 Å². The van der Waals surface area contributed by atoms with E-state index < -0.39 is 42.3 Å². The molecule has 3 N–H and O–H groups in total. The minimum Gasteiger partial charge on any atom is -0.402 e. The SMILES string of the molecule is FN(F)C(F)(F)F.FN(F)C(F)(F)F.FN(F)C(F)(F)F.OB(O)O. The van der Waals surface area contributed by atoms with Crippen LogP contribution in [0.1, 0.15) is 0 Å². The Balaban J connectivity index is -0.000000120. The summed E-state index contributed by atoms with van der Waals surface area (Å²) in [6.07, 6.45) is -16.5. The van der Waals surface area contributed by atoms with Crippen molar-refractivity contribution in [1.82, 2.24) is 16.0 Å². The van der Waals surface area contributed by atoms with Crippen LogP contribution in [0.15, 0.2) is 0 Å². The van der Waals surface area contributed by atoms with Gasteiger partial charge in [0.2, 0.25) is 0 Å². The molecule has 0 spiro atoms. The summed E-state index contributed by atoms with van der Waals surface area (Å²) in [5.41, 5.74) is 0. The average molecular weight is 425 g/mol. The molecule has 0 radical (unpaired) electrons. The summed E-state index contributed by atoms with van der Waals surface area (Å²) in [4.78, 5) is 0. The third-order valence-electron chi connectivity index (χ3n) is 0.575. The Hall–Kier alpha value is -1.23. The zero-order chi connectivity index (χ0) is 21.8. The van der Waals surface area contributed by atoms with Crippen molar-refractivity contribution in [2.45, 2.75) is 18.9 Å². The third kappa shape index (κ3) is 34.9. The van der Waals surface area contributed by atoms with Gasteiger partial charge in [0.05, 0.1) is 0 Å². The second-order valence-corrected chi connectivity index (χ2v) is 2.45. The van der Waals surface area contributed by atoms with E-state index in [1.807, 2.05) is 0 Å². The van der Waals surface area contributed by atoms with Gasteiger partial charge < -0.3 is 15.1 Å². The lowest BCUT2D eigenvalue weighted by atomic mass is 10.3. The van der Waals surface area contributed by atoms with Crippen molar-refractivity contribution in [1.29, 1.82) is 0 Å². The highest BCUT2D eigenvalue weighted by molar-refractivity contribution is 6.30. The zero-order valence-corrected chi connectivity index (χ0v) is 10.4. The van der Waals surface area contributed by atoms with E-state index in [-0.39, 0.29) is 0 Å². The largest absolute Gasteiger partial charge is 0.631 e. The quantitative estimate of drug-likeness (QED) is 0.240. The van der Waals surface area contributed by atoms with Gasteiger partial charge in [-0.3, -0.25) is 0 Å². The fraction of sp³-hybridized carbons (Fsp3) is 1.00. The molecular formula is C3H3BF15N3O3. The van der Waals surface area contributed by atoms with Gasteiger partial charge in [-0.15, -0.1) is 0 Å². The number of hydrogen-bond acceptors (Lipinski definition) is 6. The van der Waals surface area contributed by atoms with Crippen LogP contribution in [0.25, 0.3) is 0 Å². The number of alkyl halides is 9. The van der Waals surface area contributed by atoms with Crippen molar-refractivity contribution < 1.29 is 81.5 Å². The Kier molecular flexibility index (Phi) is 16.5. The Morgan fingerprint density at radius 2 is 0.480 bits per heavy atom. The summed E-state index contributed by atoms with van der Waals surface area (Å²) in [6.45, 7) is 0. The molecule has 156 valence electrons. The van der Waals surface area contributed by atoms with Crippen molar-refractivity contribution in [2.75, 3.05) is 0 Å². The molecule has 0 atom stereocenters. The summed E-state index contributed by atoms with van der Waals surface area (Å²) < 4.78 is 155. The molecule has 0 heterocycles. The van der Waals surface area contributed by atoms with E-state index in [9.17, 15) is 66.4 Å². The first kappa shape index (κ1) is 31.5. The van der Waals surface area contributed by atoms with Crippen molar-refractivity contribution in [3.63, 3.8) is 0 Å². The van der Waals surface area contributed by atoms with Crippen molar-refractivity contribution in [2.24, 2.45) is 0 Å². The molecule has 22 heteroatoms. The summed E-state index contributed by atoms with van der Waals surface area (Å²) in [6, 6.07) is 0. The Labute approximate surface area is 125 Å². The maximum atomic E-state index is 10.4. The van der Waals surface area contributed by atoms with Crippen LogP contribution in [0.3, 0.4) is 0 Å². The van der Waals surface area contributed by atoms with Crippen LogP contribution in [0.5, 0.6) is 0 Å². The maximum absolute atomic E-state index is 10.4. The Morgan fingerprint density at radius 3 is 0.480 bits per heavy atom. The smallest absolute Gasteiger partial charge is 0.402 e. The van der Waals surface area contributed by atoms with Crippen LogP contribution in [-0.4, -0.2) is 57.3 Å². The van der Waals surface area contributed by atoms with Crippen LogP contribution in [0, 0.1) is 0 Å². The standard InChI is InChI=1S/3CF5N.BH3O3/c3*2-1(3,4)7(5)6;2-1(3)4/h;;;2-4H. The first-order valence-corrected chi connectivity index (χ1v) is 4.16. The molecule has 0 fully saturated rings. The predicted molar refractivity (Wildman–Crippen MR) is 42.7 cm³/mol. The monoisotopic (exact) mass is 425 g/mol. The number of nitrogens with zero attached hydrogens (tertiary/aromatic N) is 3.